The van der Waals surface area contributed by atoms with Crippen molar-refractivity contribution >= 4 is 6.09 Å². The predicted molar refractivity (Wildman–Crippen MR) is 89.7 cm³/mol. The summed E-state index contributed by atoms with van der Waals surface area (Å²) in [6.45, 7) is 2.31. The van der Waals surface area contributed by atoms with Gasteiger partial charge in [-0.1, -0.05) is 70.6 Å². The molecule has 0 aliphatic carbocycles. The predicted octanol–water partition coefficient (Wildman–Crippen LogP) is 5.54. The monoisotopic (exact) mass is 349 g/mol. The minimum atomic E-state index is -4.53. The summed E-state index contributed by atoms with van der Waals surface area (Å²) in [7, 11) is 1.21. The van der Waals surface area contributed by atoms with Crippen molar-refractivity contribution in [2.24, 2.45) is 0 Å². The van der Waals surface area contributed by atoms with Gasteiger partial charge in [-0.2, -0.15) is 13.2 Å². The second kappa shape index (κ2) is 14.0. The Balaban J connectivity index is 3.83. The van der Waals surface area contributed by atoms with Crippen LogP contribution in [-0.2, 0) is 4.74 Å². The van der Waals surface area contributed by atoms with E-state index in [2.05, 4.69) is 11.7 Å². The van der Waals surface area contributed by atoms with Gasteiger partial charge in [0.05, 0.1) is 13.7 Å². The van der Waals surface area contributed by atoms with Crippen LogP contribution < -0.4 is 0 Å². The van der Waals surface area contributed by atoms with Crippen molar-refractivity contribution < 1.29 is 22.7 Å². The van der Waals surface area contributed by atoms with E-state index >= 15 is 0 Å². The van der Waals surface area contributed by atoms with Crippen LogP contribution in [0.2, 0.25) is 0 Å². The highest BCUT2D eigenvalue weighted by Gasteiger charge is 2.23. The minimum Gasteiger partial charge on any atom is -0.453 e. The molecule has 0 aromatic rings. The van der Waals surface area contributed by atoms with Gasteiger partial charge >= 0.3 is 12.3 Å². The molecule has 0 aromatic heterocycles. The highest BCUT2D eigenvalue weighted by molar-refractivity contribution is 5.67. The van der Waals surface area contributed by atoms with Crippen LogP contribution in [0.3, 0.4) is 0 Å². The van der Waals surface area contributed by atoms with E-state index in [1.165, 1.54) is 56.5 Å². The Morgan fingerprint density at radius 1 is 0.958 bits per heavy atom. The van der Waals surface area contributed by atoms with Crippen molar-refractivity contribution in [3.05, 3.63) is 0 Å². The van der Waals surface area contributed by atoms with Gasteiger partial charge in [0.15, 0.2) is 0 Å². The number of methoxy groups -OCH3 is 1. The fourth-order valence-electron chi connectivity index (χ4n) is 2.39. The van der Waals surface area contributed by atoms with Crippen LogP contribution in [0.1, 0.15) is 71.1 Å². The van der Waals surface area contributed by atoms with E-state index in [1.807, 2.05) is 5.92 Å². The smallest absolute Gasteiger partial charge is 0.453 e. The molecule has 0 heterocycles. The molecule has 24 heavy (non-hydrogen) atoms. The summed E-state index contributed by atoms with van der Waals surface area (Å²) < 4.78 is 40.6. The van der Waals surface area contributed by atoms with Crippen molar-refractivity contribution in [2.45, 2.75) is 77.3 Å². The van der Waals surface area contributed by atoms with Gasteiger partial charge in [0, 0.05) is 12.5 Å². The molecule has 3 nitrogen and oxygen atoms in total. The third-order valence-corrected chi connectivity index (χ3v) is 3.71. The average Bonchev–Trinajstić information content (AvgIpc) is 2.53. The largest absolute Gasteiger partial charge is 0.457 e. The maximum atomic E-state index is 12.0. The number of carbonyl (C=O) groups excluding carboxylic acids is 1. The zero-order valence-corrected chi connectivity index (χ0v) is 14.9. The van der Waals surface area contributed by atoms with Gasteiger partial charge in [-0.3, -0.25) is 4.90 Å². The van der Waals surface area contributed by atoms with E-state index in [0.29, 0.717) is 6.54 Å². The number of nitrogens with zero attached hydrogens (tertiary/aromatic N) is 1. The first-order valence-corrected chi connectivity index (χ1v) is 8.80. The van der Waals surface area contributed by atoms with Gasteiger partial charge < -0.3 is 4.74 Å². The lowest BCUT2D eigenvalue weighted by atomic mass is 10.1. The maximum Gasteiger partial charge on any atom is 0.457 e. The molecule has 0 N–H and O–H groups in total. The summed E-state index contributed by atoms with van der Waals surface area (Å²) in [5, 5.41) is 0. The normalized spacial score (nSPS) is 10.9. The van der Waals surface area contributed by atoms with E-state index in [0.717, 1.165) is 25.7 Å². The third kappa shape index (κ3) is 14.2. The molecule has 0 aromatic carbocycles. The molecule has 0 saturated carbocycles. The first-order valence-electron chi connectivity index (χ1n) is 8.80. The van der Waals surface area contributed by atoms with Crippen LogP contribution in [0.4, 0.5) is 18.0 Å². The fourth-order valence-corrected chi connectivity index (χ4v) is 2.39. The van der Waals surface area contributed by atoms with E-state index in [1.54, 1.807) is 0 Å². The number of amides is 1. The second-order valence-corrected chi connectivity index (χ2v) is 5.87. The molecule has 0 fully saturated rings. The molecule has 0 aliphatic rings. The summed E-state index contributed by atoms with van der Waals surface area (Å²) >= 11 is 0. The first-order chi connectivity index (χ1) is 11.4. The summed E-state index contributed by atoms with van der Waals surface area (Å²) in [4.78, 5) is 12.7. The van der Waals surface area contributed by atoms with Crippen LogP contribution in [0, 0.1) is 11.8 Å². The van der Waals surface area contributed by atoms with Gasteiger partial charge in [-0.05, 0) is 6.42 Å². The van der Waals surface area contributed by atoms with E-state index in [-0.39, 0.29) is 6.54 Å². The number of rotatable bonds is 12. The van der Waals surface area contributed by atoms with Crippen LogP contribution in [0.5, 0.6) is 0 Å². The molecule has 1 amide bonds. The molecule has 0 bridgehead atoms. The lowest BCUT2D eigenvalue weighted by molar-refractivity contribution is -0.0698. The molecule has 0 spiro atoms. The second-order valence-electron chi connectivity index (χ2n) is 5.87. The van der Waals surface area contributed by atoms with Crippen molar-refractivity contribution in [1.82, 2.24) is 4.90 Å². The topological polar surface area (TPSA) is 29.5 Å². The van der Waals surface area contributed by atoms with Gasteiger partial charge in [0.1, 0.15) is 0 Å². The Kier molecular flexibility index (Phi) is 13.2. The number of ether oxygens (including phenoxy) is 1. The SMILES string of the molecule is CCCCCCCCCCCCN(CC#CC(F)(F)F)C(=O)OC. The first kappa shape index (κ1) is 22.6. The molecule has 0 rings (SSSR count). The minimum absolute atomic E-state index is 0.260. The van der Waals surface area contributed by atoms with Gasteiger partial charge in [-0.15, -0.1) is 0 Å². The van der Waals surface area contributed by atoms with Crippen LogP contribution in [0.15, 0.2) is 0 Å². The van der Waals surface area contributed by atoms with Crippen molar-refractivity contribution in [3.8, 4) is 11.8 Å². The number of hydrogen-bond donors (Lipinski definition) is 0. The molecule has 0 saturated heterocycles. The Labute approximate surface area is 143 Å². The lowest BCUT2D eigenvalue weighted by Gasteiger charge is -2.18. The third-order valence-electron chi connectivity index (χ3n) is 3.71. The summed E-state index contributed by atoms with van der Waals surface area (Å²) in [5.41, 5.74) is 0. The molecular formula is C18H30F3NO2. The van der Waals surface area contributed by atoms with Gasteiger partial charge in [0.25, 0.3) is 0 Å². The van der Waals surface area contributed by atoms with Crippen LogP contribution in [0.25, 0.3) is 0 Å². The quantitative estimate of drug-likeness (QED) is 0.342. The Morgan fingerprint density at radius 2 is 1.46 bits per heavy atom. The highest BCUT2D eigenvalue weighted by Crippen LogP contribution is 2.12. The maximum absolute atomic E-state index is 12.0. The number of carbonyl (C=O) groups is 1. The van der Waals surface area contributed by atoms with E-state index in [4.69, 9.17) is 0 Å². The summed E-state index contributed by atoms with van der Waals surface area (Å²) in [6.07, 6.45) is 6.43. The van der Waals surface area contributed by atoms with Crippen molar-refractivity contribution in [2.75, 3.05) is 20.2 Å². The molecule has 0 unspecified atom stereocenters. The average molecular weight is 349 g/mol. The Hall–Kier alpha value is -1.38. The molecule has 140 valence electrons. The Morgan fingerprint density at radius 3 is 1.92 bits per heavy atom. The summed E-state index contributed by atoms with van der Waals surface area (Å²) in [5.74, 6) is 3.15. The molecule has 0 radical (unpaired) electrons. The van der Waals surface area contributed by atoms with Crippen LogP contribution in [-0.4, -0.2) is 37.4 Å². The van der Waals surface area contributed by atoms with Gasteiger partial charge in [0.2, 0.25) is 0 Å². The highest BCUT2D eigenvalue weighted by atomic mass is 19.4. The number of unbranched alkanes of at least 4 members (excludes halogenated alkanes) is 9. The van der Waals surface area contributed by atoms with Crippen molar-refractivity contribution in [1.29, 1.82) is 0 Å². The Bertz CT molecular complexity index is 386. The van der Waals surface area contributed by atoms with E-state index in [9.17, 15) is 18.0 Å². The molecule has 0 aliphatic heterocycles. The molecule has 0 atom stereocenters. The van der Waals surface area contributed by atoms with Crippen LogP contribution >= 0.6 is 0 Å². The number of alkyl halides is 3. The molecular weight excluding hydrogens is 319 g/mol. The fraction of sp³-hybridized carbons (Fsp3) is 0.833. The van der Waals surface area contributed by atoms with Gasteiger partial charge in [-0.25, -0.2) is 4.79 Å². The summed E-state index contributed by atoms with van der Waals surface area (Å²) in [6, 6.07) is 0. The molecule has 6 heteroatoms. The standard InChI is InChI=1S/C18H30F3NO2/c1-3-4-5-6-7-8-9-10-11-12-15-22(17(23)24-2)16-13-14-18(19,20)21/h3-12,15-16H2,1-2H3. The lowest BCUT2D eigenvalue weighted by Crippen LogP contribution is -2.32. The number of halogens is 3. The zero-order chi connectivity index (χ0) is 18.3. The number of hydrogen-bond acceptors (Lipinski definition) is 2. The van der Waals surface area contributed by atoms with Crippen molar-refractivity contribution in [3.63, 3.8) is 0 Å². The van der Waals surface area contributed by atoms with E-state index < -0.39 is 12.3 Å². The zero-order valence-electron chi connectivity index (χ0n) is 14.9.